The van der Waals surface area contributed by atoms with Crippen LogP contribution < -0.4 is 10.6 Å². The van der Waals surface area contributed by atoms with E-state index in [1.54, 1.807) is 0 Å². The first-order valence-electron chi connectivity index (χ1n) is 25.1. The highest BCUT2D eigenvalue weighted by atomic mass is 32.1. The van der Waals surface area contributed by atoms with Gasteiger partial charge in [-0.05, 0) is 184 Å². The van der Waals surface area contributed by atoms with Gasteiger partial charge in [0, 0.05) is 37.6 Å². The van der Waals surface area contributed by atoms with Gasteiger partial charge in [0.25, 0.3) is 0 Å². The number of nitrogens with zero attached hydrogens (tertiary/aromatic N) is 4. The van der Waals surface area contributed by atoms with Crippen LogP contribution in [-0.4, -0.2) is 94.7 Å². The van der Waals surface area contributed by atoms with Crippen molar-refractivity contribution in [3.05, 3.63) is 96.1 Å². The van der Waals surface area contributed by atoms with E-state index < -0.39 is 0 Å². The van der Waals surface area contributed by atoms with E-state index in [1.165, 1.54) is 88.2 Å². The van der Waals surface area contributed by atoms with Gasteiger partial charge in [-0.3, -0.25) is 20.4 Å². The van der Waals surface area contributed by atoms with Crippen LogP contribution in [-0.2, 0) is 22.4 Å². The number of benzene rings is 3. The lowest BCUT2D eigenvalue weighted by Crippen LogP contribution is -2.48. The van der Waals surface area contributed by atoms with Crippen molar-refractivity contribution >= 4 is 62.1 Å². The minimum absolute atomic E-state index is 0. The molecule has 2 saturated heterocycles. The predicted octanol–water partition coefficient (Wildman–Crippen LogP) is 9.97. The fraction of sp³-hybridized carbons (Fsp3) is 0.600. The van der Waals surface area contributed by atoms with E-state index >= 15 is 0 Å². The third-order valence-corrected chi connectivity index (χ3v) is 17.7. The summed E-state index contributed by atoms with van der Waals surface area (Å²) in [6, 6.07) is 28.9. The number of carbonyl (C=O) groups excluding carboxylic acids is 2. The molecule has 8 saturated carbocycles. The first kappa shape index (κ1) is 49.3. The van der Waals surface area contributed by atoms with Crippen molar-refractivity contribution < 1.29 is 9.59 Å². The topological polar surface area (TPSA) is 119 Å². The molecule has 3 aromatic rings. The van der Waals surface area contributed by atoms with Gasteiger partial charge in [0.05, 0.1) is 12.1 Å². The Labute approximate surface area is 414 Å². The van der Waals surface area contributed by atoms with Gasteiger partial charge in [0.1, 0.15) is 13.1 Å². The second kappa shape index (κ2) is 20.4. The maximum absolute atomic E-state index is 13.6. The molecular formula is C55H78N8O2S2. The number of hydrogen-bond acceptors (Lipinski definition) is 4. The molecule has 2 atom stereocenters. The second-order valence-electron chi connectivity index (χ2n) is 22.5. The largest absolute Gasteiger partial charge is 0.338 e. The zero-order valence-corrected chi connectivity index (χ0v) is 40.9. The van der Waals surface area contributed by atoms with Crippen molar-refractivity contribution in [3.63, 3.8) is 0 Å². The van der Waals surface area contributed by atoms with E-state index in [4.69, 9.17) is 0 Å². The van der Waals surface area contributed by atoms with Crippen molar-refractivity contribution in [2.24, 2.45) is 46.3 Å². The molecule has 8 aliphatic carbocycles. The number of hydrogen-bond donors (Lipinski definition) is 4. The number of nitrogens with one attached hydrogen (secondary N) is 4. The molecule has 2 heterocycles. The Morgan fingerprint density at radius 3 is 1.13 bits per heavy atom. The molecule has 12 heteroatoms. The van der Waals surface area contributed by atoms with E-state index in [2.05, 4.69) is 81.1 Å². The number of guanidine groups is 2. The molecule has 2 aliphatic heterocycles. The molecule has 13 rings (SSSR count). The van der Waals surface area contributed by atoms with Crippen LogP contribution in [0.1, 0.15) is 108 Å². The lowest BCUT2D eigenvalue weighted by Gasteiger charge is -2.57. The van der Waals surface area contributed by atoms with E-state index in [0.717, 1.165) is 74.3 Å². The maximum atomic E-state index is 13.6. The standard InChI is InChI=1S/C54H70N8O2.CH4.2H2S/c55-51-59(33-47(25-37-7-3-1-4-8-37)61(51)17-15-53-27-39-19-40(28-53)21-41(20-39)29-53)35-49(63)57-45-11-13-46(14-12-45)58-50(64)36-60-34-48(26-38-9-5-2-6-10-38)62(52(60)56)18-16-54-30-42-22-43(31-54)24-44(23-42)32-54;;;/h1-14,39-44,47-48,55-56H,15-36H2,(H,57,63)(H,58,64);1H4;2*1H2/t39?,40?,41?,42?,43?,44?,47-,48-,53?,54?;;;/m0.../s1. The van der Waals surface area contributed by atoms with Crippen LogP contribution in [0.3, 0.4) is 0 Å². The number of rotatable bonds is 16. The lowest BCUT2D eigenvalue weighted by molar-refractivity contribution is -0.117. The third kappa shape index (κ3) is 10.7. The SMILES string of the molecule is C.N=C1N(CC(=O)Nc2ccc(NC(=O)CN3C[C@H](Cc4ccccc4)N(CCC45CC6CC(CC(C6)C4)C5)C3=N)cc2)C[C@H](Cc2ccccc2)N1CCC12CC3CC(CC(C3)C1)C2.S.S. The summed E-state index contributed by atoms with van der Waals surface area (Å²) in [5, 5.41) is 24.8. The quantitative estimate of drug-likeness (QED) is 0.114. The van der Waals surface area contributed by atoms with Gasteiger partial charge >= 0.3 is 0 Å². The summed E-state index contributed by atoms with van der Waals surface area (Å²) in [6.45, 7) is 3.36. The summed E-state index contributed by atoms with van der Waals surface area (Å²) in [7, 11) is 0. The van der Waals surface area contributed by atoms with Crippen LogP contribution in [0.2, 0.25) is 0 Å². The molecule has 2 amide bonds. The molecular weight excluding hydrogens is 869 g/mol. The summed E-state index contributed by atoms with van der Waals surface area (Å²) >= 11 is 0. The Morgan fingerprint density at radius 2 is 0.821 bits per heavy atom. The average molecular weight is 947 g/mol. The zero-order chi connectivity index (χ0) is 43.4. The molecule has 4 N–H and O–H groups in total. The predicted molar refractivity (Wildman–Crippen MR) is 282 cm³/mol. The molecule has 0 unspecified atom stereocenters. The molecule has 10 nitrogen and oxygen atoms in total. The monoisotopic (exact) mass is 947 g/mol. The van der Waals surface area contributed by atoms with Gasteiger partial charge in [-0.25, -0.2) is 0 Å². The summed E-state index contributed by atoms with van der Waals surface area (Å²) in [6.07, 6.45) is 20.9. The van der Waals surface area contributed by atoms with Crippen LogP contribution in [0, 0.1) is 57.2 Å². The van der Waals surface area contributed by atoms with Gasteiger partial charge in [-0.2, -0.15) is 27.0 Å². The highest BCUT2D eigenvalue weighted by Gasteiger charge is 2.52. The Kier molecular flexibility index (Phi) is 15.0. The smallest absolute Gasteiger partial charge is 0.244 e. The van der Waals surface area contributed by atoms with E-state index in [1.807, 2.05) is 34.1 Å². The van der Waals surface area contributed by atoms with Crippen LogP contribution in [0.25, 0.3) is 0 Å². The highest BCUT2D eigenvalue weighted by molar-refractivity contribution is 7.59. The van der Waals surface area contributed by atoms with Crippen LogP contribution >= 0.6 is 27.0 Å². The molecule has 0 radical (unpaired) electrons. The highest BCUT2D eigenvalue weighted by Crippen LogP contribution is 2.62. The van der Waals surface area contributed by atoms with Crippen molar-refractivity contribution in [2.75, 3.05) is 49.9 Å². The van der Waals surface area contributed by atoms with Gasteiger partial charge in [0.2, 0.25) is 11.8 Å². The Balaban J connectivity index is 0.00000203. The number of anilines is 2. The van der Waals surface area contributed by atoms with E-state index in [-0.39, 0.29) is 71.4 Å². The van der Waals surface area contributed by atoms with Crippen LogP contribution in [0.5, 0.6) is 0 Å². The van der Waals surface area contributed by atoms with Gasteiger partial charge < -0.3 is 30.2 Å². The minimum atomic E-state index is -0.145. The van der Waals surface area contributed by atoms with Crippen molar-refractivity contribution in [1.82, 2.24) is 19.6 Å². The van der Waals surface area contributed by atoms with Crippen molar-refractivity contribution in [2.45, 2.75) is 122 Å². The molecule has 3 aromatic carbocycles. The molecule has 0 aromatic heterocycles. The number of amides is 2. The van der Waals surface area contributed by atoms with E-state index in [0.29, 0.717) is 47.2 Å². The van der Waals surface area contributed by atoms with Gasteiger partial charge in [0.15, 0.2) is 11.9 Å². The van der Waals surface area contributed by atoms with Crippen molar-refractivity contribution in [1.29, 1.82) is 10.8 Å². The average Bonchev–Trinajstić information content (AvgIpc) is 3.71. The molecule has 362 valence electrons. The summed E-state index contributed by atoms with van der Waals surface area (Å²) in [4.78, 5) is 35.7. The summed E-state index contributed by atoms with van der Waals surface area (Å²) in [5.41, 5.74) is 4.75. The summed E-state index contributed by atoms with van der Waals surface area (Å²) < 4.78 is 0. The minimum Gasteiger partial charge on any atom is -0.338 e. The Morgan fingerprint density at radius 1 is 0.507 bits per heavy atom. The van der Waals surface area contributed by atoms with Gasteiger partial charge in [-0.15, -0.1) is 0 Å². The first-order chi connectivity index (χ1) is 31.1. The van der Waals surface area contributed by atoms with Crippen LogP contribution in [0.15, 0.2) is 84.9 Å². The molecule has 8 bridgehead atoms. The first-order valence-corrected chi connectivity index (χ1v) is 25.1. The number of carbonyl (C=O) groups is 2. The van der Waals surface area contributed by atoms with Crippen molar-refractivity contribution in [3.8, 4) is 0 Å². The van der Waals surface area contributed by atoms with Gasteiger partial charge in [-0.1, -0.05) is 68.1 Å². The fourth-order valence-corrected chi connectivity index (χ4v) is 15.9. The third-order valence-electron chi connectivity index (χ3n) is 17.7. The zero-order valence-electron chi connectivity index (χ0n) is 38.9. The Hall–Kier alpha value is -4.16. The molecule has 10 fully saturated rings. The molecule has 10 aliphatic rings. The Bertz CT molecular complexity index is 1980. The van der Waals surface area contributed by atoms with Crippen LogP contribution in [0.4, 0.5) is 11.4 Å². The molecule has 0 spiro atoms. The summed E-state index contributed by atoms with van der Waals surface area (Å²) in [5.74, 6) is 6.13. The normalized spacial score (nSPS) is 31.9. The fourth-order valence-electron chi connectivity index (χ4n) is 15.9. The maximum Gasteiger partial charge on any atom is 0.244 e. The second-order valence-corrected chi connectivity index (χ2v) is 22.5. The lowest BCUT2D eigenvalue weighted by atomic mass is 9.49. The van der Waals surface area contributed by atoms with E-state index in [9.17, 15) is 20.4 Å². The molecule has 67 heavy (non-hydrogen) atoms.